The third-order valence-corrected chi connectivity index (χ3v) is 4.01. The van der Waals surface area contributed by atoms with E-state index in [9.17, 15) is 9.59 Å². The van der Waals surface area contributed by atoms with Gasteiger partial charge >= 0.3 is 5.97 Å². The number of carbonyl (C=O) groups excluding carboxylic acids is 1. The van der Waals surface area contributed by atoms with E-state index in [1.807, 2.05) is 12.1 Å². The first-order valence-corrected chi connectivity index (χ1v) is 7.24. The molecule has 2 heterocycles. The molecule has 3 rings (SSSR count). The van der Waals surface area contributed by atoms with Crippen molar-refractivity contribution in [2.24, 2.45) is 0 Å². The Morgan fingerprint density at radius 2 is 2.05 bits per heavy atom. The average Bonchev–Trinajstić information content (AvgIpc) is 2.92. The Hall–Kier alpha value is -2.34. The molecule has 0 saturated carbocycles. The lowest BCUT2D eigenvalue weighted by atomic mass is 10.0. The number of carbonyl (C=O) groups is 2. The second-order valence-corrected chi connectivity index (χ2v) is 5.64. The minimum Gasteiger partial charge on any atom is -0.476 e. The van der Waals surface area contributed by atoms with Crippen LogP contribution in [0, 0.1) is 0 Å². The Morgan fingerprint density at radius 1 is 1.32 bits per heavy atom. The second-order valence-electron chi connectivity index (χ2n) is 5.20. The average molecular weight is 320 g/mol. The lowest BCUT2D eigenvalue weighted by molar-refractivity contribution is -0.131. The summed E-state index contributed by atoms with van der Waals surface area (Å²) in [4.78, 5) is 25.2. The number of carboxylic acids is 1. The number of rotatable bonds is 3. The monoisotopic (exact) mass is 319 g/mol. The molecule has 114 valence electrons. The maximum atomic E-state index is 12.4. The summed E-state index contributed by atoms with van der Waals surface area (Å²) in [5.41, 5.74) is 2.28. The van der Waals surface area contributed by atoms with Gasteiger partial charge in [-0.05, 0) is 17.7 Å². The molecule has 0 fully saturated rings. The van der Waals surface area contributed by atoms with Crippen LogP contribution in [-0.4, -0.2) is 38.6 Å². The van der Waals surface area contributed by atoms with Gasteiger partial charge in [-0.3, -0.25) is 9.89 Å². The van der Waals surface area contributed by atoms with Crippen LogP contribution in [0.15, 0.2) is 24.3 Å². The van der Waals surface area contributed by atoms with Gasteiger partial charge in [-0.25, -0.2) is 4.79 Å². The minimum absolute atomic E-state index is 0.000932. The molecule has 0 unspecified atom stereocenters. The quantitative estimate of drug-likeness (QED) is 0.904. The van der Waals surface area contributed by atoms with E-state index < -0.39 is 5.97 Å². The number of nitrogens with one attached hydrogen (secondary N) is 1. The summed E-state index contributed by atoms with van der Waals surface area (Å²) < 4.78 is 0. The lowest BCUT2D eigenvalue weighted by Gasteiger charge is -2.27. The number of aromatic amines is 1. The van der Waals surface area contributed by atoms with Crippen molar-refractivity contribution < 1.29 is 14.7 Å². The van der Waals surface area contributed by atoms with E-state index in [-0.39, 0.29) is 24.6 Å². The summed E-state index contributed by atoms with van der Waals surface area (Å²) in [7, 11) is 0. The number of aromatic carboxylic acids is 1. The molecule has 0 atom stereocenters. The van der Waals surface area contributed by atoms with E-state index in [1.165, 1.54) is 0 Å². The van der Waals surface area contributed by atoms with E-state index in [0.717, 1.165) is 11.3 Å². The first-order valence-electron chi connectivity index (χ1n) is 6.86. The fourth-order valence-corrected chi connectivity index (χ4v) is 2.70. The Morgan fingerprint density at radius 3 is 2.73 bits per heavy atom. The maximum absolute atomic E-state index is 12.4. The topological polar surface area (TPSA) is 86.3 Å². The zero-order valence-corrected chi connectivity index (χ0v) is 12.4. The predicted octanol–water partition coefficient (Wildman–Crippen LogP) is 1.89. The number of carboxylic acid groups (broad SMARTS) is 1. The van der Waals surface area contributed by atoms with Crippen molar-refractivity contribution in [1.82, 2.24) is 15.1 Å². The van der Waals surface area contributed by atoms with Crippen molar-refractivity contribution >= 4 is 23.5 Å². The number of hydrogen-bond donors (Lipinski definition) is 2. The van der Waals surface area contributed by atoms with Gasteiger partial charge in [0.15, 0.2) is 5.69 Å². The molecule has 0 bridgehead atoms. The van der Waals surface area contributed by atoms with Crippen molar-refractivity contribution in [3.05, 3.63) is 51.8 Å². The number of aromatic nitrogens is 2. The van der Waals surface area contributed by atoms with Crippen LogP contribution >= 0.6 is 11.6 Å². The Kier molecular flexibility index (Phi) is 3.85. The molecule has 1 aliphatic rings. The number of fused-ring (bicyclic) bond motifs is 1. The van der Waals surface area contributed by atoms with Crippen LogP contribution in [0.1, 0.15) is 27.3 Å². The van der Waals surface area contributed by atoms with Gasteiger partial charge in [-0.2, -0.15) is 5.10 Å². The fraction of sp³-hybridized carbons (Fsp3) is 0.267. The third-order valence-electron chi connectivity index (χ3n) is 3.76. The van der Waals surface area contributed by atoms with Gasteiger partial charge in [0.2, 0.25) is 5.91 Å². The number of nitrogens with zero attached hydrogens (tertiary/aromatic N) is 2. The lowest BCUT2D eigenvalue weighted by Crippen LogP contribution is -2.37. The summed E-state index contributed by atoms with van der Waals surface area (Å²) in [6.07, 6.45) is 0.856. The smallest absolute Gasteiger partial charge is 0.356 e. The molecule has 1 aromatic heterocycles. The van der Waals surface area contributed by atoms with Crippen LogP contribution in [0.25, 0.3) is 0 Å². The molecule has 2 aromatic rings. The molecule has 7 heteroatoms. The standard InChI is InChI=1S/C15H14ClN3O3/c16-10-3-1-9(2-4-10)7-13(20)19-6-5-12-11(8-19)14(15(21)22)18-17-12/h1-4H,5-8H2,(H,17,18)(H,21,22). The predicted molar refractivity (Wildman–Crippen MR) is 79.8 cm³/mol. The highest BCUT2D eigenvalue weighted by atomic mass is 35.5. The summed E-state index contributed by atoms with van der Waals surface area (Å²) in [6, 6.07) is 7.13. The first kappa shape index (κ1) is 14.6. The number of hydrogen-bond acceptors (Lipinski definition) is 3. The molecule has 0 spiro atoms. The molecule has 1 amide bonds. The summed E-state index contributed by atoms with van der Waals surface area (Å²) in [5.74, 6) is -1.12. The summed E-state index contributed by atoms with van der Waals surface area (Å²) >= 11 is 5.83. The van der Waals surface area contributed by atoms with Crippen LogP contribution in [-0.2, 0) is 24.2 Å². The molecule has 0 radical (unpaired) electrons. The second kappa shape index (κ2) is 5.81. The highest BCUT2D eigenvalue weighted by molar-refractivity contribution is 6.30. The first-order chi connectivity index (χ1) is 10.5. The number of amides is 1. The van der Waals surface area contributed by atoms with Gasteiger partial charge in [0, 0.05) is 35.8 Å². The van der Waals surface area contributed by atoms with Gasteiger partial charge in [0.05, 0.1) is 6.42 Å². The van der Waals surface area contributed by atoms with Crippen LogP contribution in [0.3, 0.4) is 0 Å². The van der Waals surface area contributed by atoms with E-state index in [0.29, 0.717) is 23.6 Å². The highest BCUT2D eigenvalue weighted by Gasteiger charge is 2.27. The van der Waals surface area contributed by atoms with Crippen molar-refractivity contribution in [3.63, 3.8) is 0 Å². The van der Waals surface area contributed by atoms with Crippen LogP contribution in [0.4, 0.5) is 0 Å². The van der Waals surface area contributed by atoms with E-state index >= 15 is 0 Å². The van der Waals surface area contributed by atoms with Crippen molar-refractivity contribution in [2.75, 3.05) is 6.54 Å². The molecule has 6 nitrogen and oxygen atoms in total. The molecule has 2 N–H and O–H groups in total. The minimum atomic E-state index is -1.08. The van der Waals surface area contributed by atoms with Crippen molar-refractivity contribution in [1.29, 1.82) is 0 Å². The molecule has 22 heavy (non-hydrogen) atoms. The Bertz CT molecular complexity index is 724. The molecule has 0 aliphatic carbocycles. The third kappa shape index (κ3) is 2.82. The van der Waals surface area contributed by atoms with E-state index in [4.69, 9.17) is 16.7 Å². The molecule has 0 saturated heterocycles. The van der Waals surface area contributed by atoms with Crippen LogP contribution in [0.2, 0.25) is 5.02 Å². The van der Waals surface area contributed by atoms with Crippen molar-refractivity contribution in [3.8, 4) is 0 Å². The van der Waals surface area contributed by atoms with Gasteiger partial charge in [0.25, 0.3) is 0 Å². The largest absolute Gasteiger partial charge is 0.476 e. The molecule has 1 aromatic carbocycles. The Balaban J connectivity index is 1.73. The van der Waals surface area contributed by atoms with Gasteiger partial charge in [-0.15, -0.1) is 0 Å². The fourth-order valence-electron chi connectivity index (χ4n) is 2.57. The number of H-pyrrole nitrogens is 1. The number of halogens is 1. The Labute approximate surface area is 131 Å². The van der Waals surface area contributed by atoms with E-state index in [2.05, 4.69) is 10.2 Å². The van der Waals surface area contributed by atoms with Gasteiger partial charge < -0.3 is 10.0 Å². The van der Waals surface area contributed by atoms with Crippen LogP contribution < -0.4 is 0 Å². The molecular weight excluding hydrogens is 306 g/mol. The molecule has 1 aliphatic heterocycles. The molecular formula is C15H14ClN3O3. The van der Waals surface area contributed by atoms with Gasteiger partial charge in [0.1, 0.15) is 0 Å². The maximum Gasteiger partial charge on any atom is 0.356 e. The summed E-state index contributed by atoms with van der Waals surface area (Å²) in [5, 5.41) is 16.3. The van der Waals surface area contributed by atoms with E-state index in [1.54, 1.807) is 17.0 Å². The summed E-state index contributed by atoms with van der Waals surface area (Å²) in [6.45, 7) is 0.834. The normalized spacial score (nSPS) is 13.8. The van der Waals surface area contributed by atoms with Crippen LogP contribution in [0.5, 0.6) is 0 Å². The highest BCUT2D eigenvalue weighted by Crippen LogP contribution is 2.21. The van der Waals surface area contributed by atoms with Gasteiger partial charge in [-0.1, -0.05) is 23.7 Å². The van der Waals surface area contributed by atoms with Crippen molar-refractivity contribution in [2.45, 2.75) is 19.4 Å². The SMILES string of the molecule is O=C(O)c1n[nH]c2c1CN(C(=O)Cc1ccc(Cl)cc1)CC2. The zero-order chi connectivity index (χ0) is 15.7. The number of benzene rings is 1. The zero-order valence-electron chi connectivity index (χ0n) is 11.7.